The molecule has 0 spiro atoms. The Labute approximate surface area is 152 Å². The Kier molecular flexibility index (Phi) is 10.6. The number of aliphatic carboxylic acids is 2. The molecule has 0 aliphatic carbocycles. The van der Waals surface area contributed by atoms with E-state index >= 15 is 0 Å². The molecule has 26 heavy (non-hydrogen) atoms. The SMILES string of the molecule is C[C@@H](OC(C)(C)C)[C@H](N)C(=O)OC(C)(C)C.O=C(O)C(O)C(O)C(=O)O. The van der Waals surface area contributed by atoms with E-state index in [2.05, 4.69) is 0 Å². The maximum Gasteiger partial charge on any atom is 0.335 e. The summed E-state index contributed by atoms with van der Waals surface area (Å²) in [7, 11) is 0. The number of carbonyl (C=O) groups excluding carboxylic acids is 1. The van der Waals surface area contributed by atoms with Crippen LogP contribution in [0.3, 0.4) is 0 Å². The highest BCUT2D eigenvalue weighted by Crippen LogP contribution is 2.15. The van der Waals surface area contributed by atoms with Gasteiger partial charge in [-0.2, -0.15) is 0 Å². The summed E-state index contributed by atoms with van der Waals surface area (Å²) >= 11 is 0. The van der Waals surface area contributed by atoms with Gasteiger partial charge in [-0.25, -0.2) is 9.59 Å². The van der Waals surface area contributed by atoms with Crippen LogP contribution in [0.25, 0.3) is 0 Å². The van der Waals surface area contributed by atoms with Gasteiger partial charge >= 0.3 is 17.9 Å². The highest BCUT2D eigenvalue weighted by molar-refractivity contribution is 5.83. The summed E-state index contributed by atoms with van der Waals surface area (Å²) in [5.41, 5.74) is 4.94. The fourth-order valence-electron chi connectivity index (χ4n) is 1.46. The van der Waals surface area contributed by atoms with E-state index in [-0.39, 0.29) is 11.7 Å². The molecule has 0 amide bonds. The molecule has 0 saturated carbocycles. The minimum Gasteiger partial charge on any atom is -0.479 e. The van der Waals surface area contributed by atoms with Crippen LogP contribution >= 0.6 is 0 Å². The van der Waals surface area contributed by atoms with Crippen molar-refractivity contribution in [2.75, 3.05) is 0 Å². The van der Waals surface area contributed by atoms with E-state index in [4.69, 9.17) is 35.6 Å². The number of nitrogens with two attached hydrogens (primary N) is 1. The van der Waals surface area contributed by atoms with Gasteiger partial charge in [-0.05, 0) is 48.5 Å². The van der Waals surface area contributed by atoms with E-state index in [1.807, 2.05) is 41.5 Å². The maximum atomic E-state index is 11.7. The summed E-state index contributed by atoms with van der Waals surface area (Å²) in [6.45, 7) is 13.0. The Morgan fingerprint density at radius 2 is 1.19 bits per heavy atom. The van der Waals surface area contributed by atoms with E-state index in [0.29, 0.717) is 0 Å². The van der Waals surface area contributed by atoms with E-state index in [0.717, 1.165) is 0 Å². The monoisotopic (exact) mass is 381 g/mol. The Hall–Kier alpha value is -1.75. The van der Waals surface area contributed by atoms with Gasteiger partial charge in [-0.3, -0.25) is 4.79 Å². The predicted octanol–water partition coefficient (Wildman–Crippen LogP) is -0.264. The zero-order valence-corrected chi connectivity index (χ0v) is 16.2. The largest absolute Gasteiger partial charge is 0.479 e. The molecule has 0 bridgehead atoms. The van der Waals surface area contributed by atoms with Gasteiger partial charge in [0.05, 0.1) is 11.7 Å². The number of carboxylic acids is 2. The number of esters is 1. The highest BCUT2D eigenvalue weighted by Gasteiger charge is 2.30. The number of carbonyl (C=O) groups is 3. The number of hydrogen-bond donors (Lipinski definition) is 5. The van der Waals surface area contributed by atoms with Crippen LogP contribution in [0.2, 0.25) is 0 Å². The van der Waals surface area contributed by atoms with Crippen molar-refractivity contribution in [1.29, 1.82) is 0 Å². The van der Waals surface area contributed by atoms with Gasteiger partial charge in [0.2, 0.25) is 0 Å². The molecule has 6 N–H and O–H groups in total. The quantitative estimate of drug-likeness (QED) is 0.385. The third kappa shape index (κ3) is 12.6. The van der Waals surface area contributed by atoms with Gasteiger partial charge < -0.3 is 35.6 Å². The van der Waals surface area contributed by atoms with Gasteiger partial charge in [0, 0.05) is 0 Å². The molecule has 0 radical (unpaired) electrons. The van der Waals surface area contributed by atoms with Crippen LogP contribution in [0.1, 0.15) is 48.5 Å². The second-order valence-corrected chi connectivity index (χ2v) is 7.56. The second kappa shape index (κ2) is 10.4. The lowest BCUT2D eigenvalue weighted by Gasteiger charge is -2.29. The van der Waals surface area contributed by atoms with Gasteiger partial charge in [-0.15, -0.1) is 0 Å². The number of aliphatic hydroxyl groups excluding tert-OH is 2. The Morgan fingerprint density at radius 3 is 1.42 bits per heavy atom. The molecule has 4 atom stereocenters. The van der Waals surface area contributed by atoms with E-state index in [1.165, 1.54) is 0 Å². The Balaban J connectivity index is 0. The fraction of sp³-hybridized carbons (Fsp3) is 0.812. The Morgan fingerprint density at radius 1 is 0.846 bits per heavy atom. The first kappa shape index (κ1) is 26.5. The van der Waals surface area contributed by atoms with Gasteiger partial charge in [-0.1, -0.05) is 0 Å². The lowest BCUT2D eigenvalue weighted by atomic mass is 10.1. The van der Waals surface area contributed by atoms with E-state index in [1.54, 1.807) is 6.92 Å². The van der Waals surface area contributed by atoms with E-state index in [9.17, 15) is 14.4 Å². The molecule has 10 heteroatoms. The van der Waals surface area contributed by atoms with Crippen molar-refractivity contribution in [3.8, 4) is 0 Å². The first-order valence-electron chi connectivity index (χ1n) is 7.87. The lowest BCUT2D eigenvalue weighted by molar-refractivity contribution is -0.165. The smallest absolute Gasteiger partial charge is 0.335 e. The van der Waals surface area contributed by atoms with Crippen molar-refractivity contribution in [3.63, 3.8) is 0 Å². The highest BCUT2D eigenvalue weighted by atomic mass is 16.6. The fourth-order valence-corrected chi connectivity index (χ4v) is 1.46. The Bertz CT molecular complexity index is 461. The molecule has 0 aromatic heterocycles. The molecule has 0 rings (SSSR count). The molecule has 154 valence electrons. The molecule has 0 aliphatic rings. The molecular weight excluding hydrogens is 350 g/mol. The number of hydrogen-bond acceptors (Lipinski definition) is 8. The molecule has 0 aliphatic heterocycles. The minimum atomic E-state index is -2.27. The predicted molar refractivity (Wildman–Crippen MR) is 91.4 cm³/mol. The molecule has 0 fully saturated rings. The minimum absolute atomic E-state index is 0.320. The number of carboxylic acid groups (broad SMARTS) is 2. The molecule has 0 saturated heterocycles. The van der Waals surface area contributed by atoms with Crippen molar-refractivity contribution in [2.24, 2.45) is 5.73 Å². The molecule has 0 aromatic rings. The molecule has 0 heterocycles. The first-order valence-corrected chi connectivity index (χ1v) is 7.87. The average molecular weight is 381 g/mol. The van der Waals surface area contributed by atoms with Crippen LogP contribution in [-0.4, -0.2) is 73.9 Å². The summed E-state index contributed by atoms with van der Waals surface area (Å²) in [6, 6.07) is -0.751. The first-order chi connectivity index (χ1) is 11.4. The summed E-state index contributed by atoms with van der Waals surface area (Å²) in [5, 5.41) is 32.5. The molecule has 0 aromatic carbocycles. The summed E-state index contributed by atoms with van der Waals surface area (Å²) in [6.07, 6.45) is -4.90. The lowest BCUT2D eigenvalue weighted by Crippen LogP contribution is -2.47. The summed E-state index contributed by atoms with van der Waals surface area (Å²) in [5.74, 6) is -3.96. The summed E-state index contributed by atoms with van der Waals surface area (Å²) in [4.78, 5) is 31.2. The third-order valence-electron chi connectivity index (χ3n) is 2.53. The van der Waals surface area contributed by atoms with Crippen LogP contribution < -0.4 is 5.73 Å². The molecule has 2 unspecified atom stereocenters. The van der Waals surface area contributed by atoms with Crippen LogP contribution in [0.5, 0.6) is 0 Å². The molecule has 10 nitrogen and oxygen atoms in total. The van der Waals surface area contributed by atoms with Crippen molar-refractivity contribution in [1.82, 2.24) is 0 Å². The zero-order chi connectivity index (χ0) is 21.5. The van der Waals surface area contributed by atoms with Crippen LogP contribution in [-0.2, 0) is 23.9 Å². The van der Waals surface area contributed by atoms with Gasteiger partial charge in [0.15, 0.2) is 12.2 Å². The van der Waals surface area contributed by atoms with Crippen molar-refractivity contribution < 1.29 is 44.3 Å². The van der Waals surface area contributed by atoms with Crippen LogP contribution in [0.15, 0.2) is 0 Å². The van der Waals surface area contributed by atoms with E-state index < -0.39 is 41.8 Å². The van der Waals surface area contributed by atoms with Gasteiger partial charge in [0.1, 0.15) is 11.6 Å². The van der Waals surface area contributed by atoms with Crippen molar-refractivity contribution in [2.45, 2.75) is 84.0 Å². The normalized spacial score (nSPS) is 16.4. The average Bonchev–Trinajstić information content (AvgIpc) is 2.41. The molecular formula is C16H31NO9. The van der Waals surface area contributed by atoms with Crippen molar-refractivity contribution in [3.05, 3.63) is 0 Å². The topological polar surface area (TPSA) is 177 Å². The summed E-state index contributed by atoms with van der Waals surface area (Å²) < 4.78 is 10.8. The van der Waals surface area contributed by atoms with Crippen LogP contribution in [0.4, 0.5) is 0 Å². The van der Waals surface area contributed by atoms with Crippen LogP contribution in [0, 0.1) is 0 Å². The third-order valence-corrected chi connectivity index (χ3v) is 2.53. The van der Waals surface area contributed by atoms with Gasteiger partial charge in [0.25, 0.3) is 0 Å². The number of rotatable bonds is 6. The number of ether oxygens (including phenoxy) is 2. The van der Waals surface area contributed by atoms with Crippen molar-refractivity contribution >= 4 is 17.9 Å². The zero-order valence-electron chi connectivity index (χ0n) is 16.2. The standard InChI is InChI=1S/C12H25NO3.C4H6O6/c1-8(15-11(2,3)4)9(13)10(14)16-12(5,6)7;5-1(3(7)8)2(6)4(9)10/h8-9H,13H2,1-7H3;1-2,5-6H,(H,7,8)(H,9,10)/t8-,9+;/m1./s1. The maximum absolute atomic E-state index is 11.7. The number of aliphatic hydroxyl groups is 2. The second-order valence-electron chi connectivity index (χ2n) is 7.56.